The Balaban J connectivity index is 1.26. The molecule has 3 aromatic rings. The average Bonchev–Trinajstić information content (AvgIpc) is 3.51. The van der Waals surface area contributed by atoms with E-state index in [0.717, 1.165) is 74.0 Å². The molecule has 2 aliphatic heterocycles. The number of hydrogen-bond acceptors (Lipinski definition) is 5. The van der Waals surface area contributed by atoms with Crippen LogP contribution in [0, 0.1) is 11.6 Å². The summed E-state index contributed by atoms with van der Waals surface area (Å²) in [6.07, 6.45) is 4.29. The van der Waals surface area contributed by atoms with Crippen molar-refractivity contribution in [3.05, 3.63) is 77.1 Å². The fourth-order valence-corrected chi connectivity index (χ4v) is 5.73. The maximum absolute atomic E-state index is 14.1. The second kappa shape index (κ2) is 11.0. The normalized spacial score (nSPS) is 19.6. The number of halogens is 2. The number of benzene rings is 2. The summed E-state index contributed by atoms with van der Waals surface area (Å²) >= 11 is 1.64. The smallest absolute Gasteiger partial charge is 0.191 e. The zero-order valence-electron chi connectivity index (χ0n) is 19.2. The van der Waals surface area contributed by atoms with E-state index in [1.807, 2.05) is 24.3 Å². The summed E-state index contributed by atoms with van der Waals surface area (Å²) in [5.74, 6) is 1.71. The Morgan fingerprint density at radius 3 is 2.50 bits per heavy atom. The number of aromatic nitrogens is 3. The standard InChI is InChI=1S/C26H30F2N4OS/c27-22-9-7-19(8-10-22)18-34-26-30-29-25(32(26)17-23-5-3-15-33-23)20-11-13-31(14-12-20)16-21-4-1-2-6-24(21)28/h1-2,4,6-10,20,23H,3,5,11-18H2/t23-/m1/s1. The van der Waals surface area contributed by atoms with Crippen molar-refractivity contribution >= 4 is 11.8 Å². The van der Waals surface area contributed by atoms with E-state index in [0.29, 0.717) is 18.2 Å². The summed E-state index contributed by atoms with van der Waals surface area (Å²) < 4.78 is 35.5. The average molecular weight is 485 g/mol. The number of ether oxygens (including phenoxy) is 1. The lowest BCUT2D eigenvalue weighted by Crippen LogP contribution is -2.34. The number of piperidine rings is 1. The minimum absolute atomic E-state index is 0.135. The van der Waals surface area contributed by atoms with Gasteiger partial charge in [0.05, 0.1) is 12.6 Å². The first-order valence-corrected chi connectivity index (χ1v) is 13.0. The van der Waals surface area contributed by atoms with Crippen LogP contribution in [-0.2, 0) is 23.6 Å². The molecule has 0 spiro atoms. The first-order valence-electron chi connectivity index (χ1n) is 12.0. The molecule has 0 bridgehead atoms. The third-order valence-electron chi connectivity index (χ3n) is 6.74. The number of likely N-dealkylation sites (tertiary alicyclic amines) is 1. The third kappa shape index (κ3) is 5.67. The molecule has 2 aromatic carbocycles. The fraction of sp³-hybridized carbons (Fsp3) is 0.462. The number of rotatable bonds is 8. The molecule has 5 nitrogen and oxygen atoms in total. The summed E-state index contributed by atoms with van der Waals surface area (Å²) in [6, 6.07) is 13.6. The number of thioether (sulfide) groups is 1. The van der Waals surface area contributed by atoms with Gasteiger partial charge in [-0.2, -0.15) is 0 Å². The highest BCUT2D eigenvalue weighted by atomic mass is 32.2. The number of nitrogens with zero attached hydrogens (tertiary/aromatic N) is 4. The Morgan fingerprint density at radius 1 is 0.971 bits per heavy atom. The van der Waals surface area contributed by atoms with Crippen LogP contribution in [-0.4, -0.2) is 45.5 Å². The summed E-state index contributed by atoms with van der Waals surface area (Å²) in [4.78, 5) is 2.32. The van der Waals surface area contributed by atoms with E-state index < -0.39 is 0 Å². The van der Waals surface area contributed by atoms with Gasteiger partial charge in [0.2, 0.25) is 0 Å². The molecule has 34 heavy (non-hydrogen) atoms. The molecule has 2 fully saturated rings. The predicted molar refractivity (Wildman–Crippen MR) is 129 cm³/mol. The Bertz CT molecular complexity index is 1080. The summed E-state index contributed by atoms with van der Waals surface area (Å²) in [5, 5.41) is 10.1. The molecule has 0 saturated carbocycles. The molecule has 0 aliphatic carbocycles. The molecule has 1 atom stereocenters. The van der Waals surface area contributed by atoms with Crippen molar-refractivity contribution in [2.24, 2.45) is 0 Å². The van der Waals surface area contributed by atoms with Gasteiger partial charge >= 0.3 is 0 Å². The van der Waals surface area contributed by atoms with Gasteiger partial charge in [-0.15, -0.1) is 10.2 Å². The monoisotopic (exact) mass is 484 g/mol. The van der Waals surface area contributed by atoms with Crippen molar-refractivity contribution in [1.82, 2.24) is 19.7 Å². The third-order valence-corrected chi connectivity index (χ3v) is 7.78. The van der Waals surface area contributed by atoms with Gasteiger partial charge in [0.1, 0.15) is 17.5 Å². The Labute approximate surface area is 203 Å². The van der Waals surface area contributed by atoms with Crippen LogP contribution >= 0.6 is 11.8 Å². The molecule has 0 radical (unpaired) electrons. The first-order chi connectivity index (χ1) is 16.7. The topological polar surface area (TPSA) is 43.2 Å². The van der Waals surface area contributed by atoms with Gasteiger partial charge in [-0.25, -0.2) is 8.78 Å². The molecular weight excluding hydrogens is 454 g/mol. The SMILES string of the molecule is Fc1ccc(CSc2nnc(C3CCN(Cc4ccccc4F)CC3)n2C[C@H]2CCCO2)cc1. The molecule has 2 aliphatic rings. The molecule has 180 valence electrons. The van der Waals surface area contributed by atoms with Crippen LogP contribution < -0.4 is 0 Å². The number of hydrogen-bond donors (Lipinski definition) is 0. The van der Waals surface area contributed by atoms with Crippen molar-refractivity contribution in [3.63, 3.8) is 0 Å². The van der Waals surface area contributed by atoms with Gasteiger partial charge in [0.15, 0.2) is 5.16 Å². The molecule has 3 heterocycles. The van der Waals surface area contributed by atoms with Gasteiger partial charge in [-0.3, -0.25) is 4.90 Å². The molecule has 0 unspecified atom stereocenters. The lowest BCUT2D eigenvalue weighted by molar-refractivity contribution is 0.0931. The van der Waals surface area contributed by atoms with Gasteiger partial charge < -0.3 is 9.30 Å². The summed E-state index contributed by atoms with van der Waals surface area (Å²) in [6.45, 7) is 4.03. The second-order valence-corrected chi connectivity index (χ2v) is 10.1. The lowest BCUT2D eigenvalue weighted by atomic mass is 9.95. The molecule has 0 N–H and O–H groups in total. The van der Waals surface area contributed by atoms with Gasteiger partial charge in [-0.05, 0) is 62.5 Å². The summed E-state index contributed by atoms with van der Waals surface area (Å²) in [5.41, 5.74) is 1.81. The summed E-state index contributed by atoms with van der Waals surface area (Å²) in [7, 11) is 0. The van der Waals surface area contributed by atoms with Crippen molar-refractivity contribution in [2.75, 3.05) is 19.7 Å². The van der Waals surface area contributed by atoms with Gasteiger partial charge in [0, 0.05) is 30.4 Å². The predicted octanol–water partition coefficient (Wildman–Crippen LogP) is 5.41. The molecule has 0 amide bonds. The zero-order chi connectivity index (χ0) is 23.3. The van der Waals surface area contributed by atoms with Crippen LogP contribution in [0.2, 0.25) is 0 Å². The van der Waals surface area contributed by atoms with Crippen LogP contribution in [0.15, 0.2) is 53.7 Å². The molecule has 5 rings (SSSR count). The molecule has 8 heteroatoms. The van der Waals surface area contributed by atoms with E-state index in [-0.39, 0.29) is 17.7 Å². The Hall–Kier alpha value is -2.29. The first kappa shape index (κ1) is 23.5. The van der Waals surface area contributed by atoms with E-state index in [4.69, 9.17) is 4.74 Å². The minimum atomic E-state index is -0.223. The lowest BCUT2D eigenvalue weighted by Gasteiger charge is -2.32. The van der Waals surface area contributed by atoms with Crippen LogP contribution in [0.1, 0.15) is 48.6 Å². The van der Waals surface area contributed by atoms with Crippen LogP contribution in [0.5, 0.6) is 0 Å². The Kier molecular flexibility index (Phi) is 7.57. The largest absolute Gasteiger partial charge is 0.376 e. The van der Waals surface area contributed by atoms with E-state index >= 15 is 0 Å². The second-order valence-electron chi connectivity index (χ2n) is 9.14. The van der Waals surface area contributed by atoms with Crippen LogP contribution in [0.3, 0.4) is 0 Å². The van der Waals surface area contributed by atoms with Gasteiger partial charge in [-0.1, -0.05) is 42.1 Å². The van der Waals surface area contributed by atoms with E-state index in [1.54, 1.807) is 17.8 Å². The quantitative estimate of drug-likeness (QED) is 0.400. The van der Waals surface area contributed by atoms with Crippen molar-refractivity contribution in [3.8, 4) is 0 Å². The van der Waals surface area contributed by atoms with E-state index in [9.17, 15) is 8.78 Å². The van der Waals surface area contributed by atoms with Crippen LogP contribution in [0.25, 0.3) is 0 Å². The van der Waals surface area contributed by atoms with Crippen molar-refractivity contribution in [1.29, 1.82) is 0 Å². The maximum Gasteiger partial charge on any atom is 0.191 e. The zero-order valence-corrected chi connectivity index (χ0v) is 20.0. The highest BCUT2D eigenvalue weighted by Crippen LogP contribution is 2.32. The van der Waals surface area contributed by atoms with E-state index in [1.165, 1.54) is 18.2 Å². The van der Waals surface area contributed by atoms with Gasteiger partial charge in [0.25, 0.3) is 0 Å². The molecule has 1 aromatic heterocycles. The van der Waals surface area contributed by atoms with E-state index in [2.05, 4.69) is 19.7 Å². The maximum atomic E-state index is 14.1. The van der Waals surface area contributed by atoms with Crippen molar-refractivity contribution < 1.29 is 13.5 Å². The highest BCUT2D eigenvalue weighted by molar-refractivity contribution is 7.98. The van der Waals surface area contributed by atoms with Crippen molar-refractivity contribution in [2.45, 2.75) is 61.7 Å². The highest BCUT2D eigenvalue weighted by Gasteiger charge is 2.28. The molecule has 2 saturated heterocycles. The fourth-order valence-electron chi connectivity index (χ4n) is 4.82. The Morgan fingerprint density at radius 2 is 1.76 bits per heavy atom. The molecular formula is C26H30F2N4OS. The van der Waals surface area contributed by atoms with Crippen LogP contribution in [0.4, 0.5) is 8.78 Å². The minimum Gasteiger partial charge on any atom is -0.376 e.